The zero-order valence-electron chi connectivity index (χ0n) is 11.3. The molecule has 0 aliphatic heterocycles. The molecule has 1 nitrogen and oxygen atoms in total. The number of aryl methyl sites for hydroxylation is 2. The Kier molecular flexibility index (Phi) is 5.17. The van der Waals surface area contributed by atoms with Crippen LogP contribution < -0.4 is 5.73 Å². The summed E-state index contributed by atoms with van der Waals surface area (Å²) in [7, 11) is 0. The lowest BCUT2D eigenvalue weighted by molar-refractivity contribution is 0.608. The molecule has 0 aliphatic rings. The predicted molar refractivity (Wildman–Crippen MR) is 85.3 cm³/mol. The first-order valence-electron chi connectivity index (χ1n) is 6.70. The van der Waals surface area contributed by atoms with Gasteiger partial charge in [0.25, 0.3) is 0 Å². The lowest BCUT2D eigenvalue weighted by atomic mass is 9.98. The van der Waals surface area contributed by atoms with Gasteiger partial charge in [0.2, 0.25) is 0 Å². The molecule has 2 rings (SSSR count). The van der Waals surface area contributed by atoms with Crippen LogP contribution in [0, 0.1) is 6.92 Å². The second kappa shape index (κ2) is 6.88. The molecule has 1 atom stereocenters. The summed E-state index contributed by atoms with van der Waals surface area (Å²) in [4.78, 5) is 0. The zero-order chi connectivity index (χ0) is 13.7. The zero-order valence-corrected chi connectivity index (χ0v) is 12.9. The van der Waals surface area contributed by atoms with Gasteiger partial charge in [0.15, 0.2) is 0 Å². The summed E-state index contributed by atoms with van der Waals surface area (Å²) in [5, 5.41) is 0. The molecule has 0 bridgehead atoms. The molecular formula is C17H20BrN. The highest BCUT2D eigenvalue weighted by molar-refractivity contribution is 9.10. The molecule has 0 aliphatic carbocycles. The molecular weight excluding hydrogens is 298 g/mol. The van der Waals surface area contributed by atoms with Crippen molar-refractivity contribution in [3.8, 4) is 0 Å². The summed E-state index contributed by atoms with van der Waals surface area (Å²) in [6.45, 7) is 2.16. The van der Waals surface area contributed by atoms with E-state index < -0.39 is 0 Å². The van der Waals surface area contributed by atoms with Crippen LogP contribution in [0.25, 0.3) is 0 Å². The number of hydrogen-bond acceptors (Lipinski definition) is 1. The Morgan fingerprint density at radius 2 is 1.63 bits per heavy atom. The number of hydrogen-bond donors (Lipinski definition) is 1. The van der Waals surface area contributed by atoms with Crippen molar-refractivity contribution in [3.63, 3.8) is 0 Å². The van der Waals surface area contributed by atoms with Crippen molar-refractivity contribution in [2.24, 2.45) is 5.73 Å². The van der Waals surface area contributed by atoms with E-state index in [0.29, 0.717) is 0 Å². The van der Waals surface area contributed by atoms with Crippen LogP contribution >= 0.6 is 15.9 Å². The molecule has 0 fully saturated rings. The summed E-state index contributed by atoms with van der Waals surface area (Å²) in [6, 6.07) is 17.1. The fourth-order valence-electron chi connectivity index (χ4n) is 2.28. The van der Waals surface area contributed by atoms with Crippen LogP contribution in [-0.4, -0.2) is 6.04 Å². The molecule has 0 aromatic heterocycles. The minimum Gasteiger partial charge on any atom is -0.327 e. The fourth-order valence-corrected chi connectivity index (χ4v) is 2.73. The largest absolute Gasteiger partial charge is 0.327 e. The topological polar surface area (TPSA) is 26.0 Å². The third-order valence-corrected chi connectivity index (χ3v) is 4.26. The molecule has 100 valence electrons. The Morgan fingerprint density at radius 3 is 2.32 bits per heavy atom. The second-order valence-electron chi connectivity index (χ2n) is 5.02. The van der Waals surface area contributed by atoms with Gasteiger partial charge in [-0.25, -0.2) is 0 Å². The molecule has 0 heterocycles. The molecule has 0 spiro atoms. The van der Waals surface area contributed by atoms with Crippen LogP contribution in [0.15, 0.2) is 53.0 Å². The highest BCUT2D eigenvalue weighted by Crippen LogP contribution is 2.18. The van der Waals surface area contributed by atoms with Gasteiger partial charge in [-0.15, -0.1) is 0 Å². The minimum absolute atomic E-state index is 0.207. The number of nitrogens with two attached hydrogens (primary N) is 1. The van der Waals surface area contributed by atoms with E-state index in [-0.39, 0.29) is 6.04 Å². The van der Waals surface area contributed by atoms with E-state index in [4.69, 9.17) is 5.73 Å². The van der Waals surface area contributed by atoms with Crippen LogP contribution in [0.4, 0.5) is 0 Å². The van der Waals surface area contributed by atoms with Gasteiger partial charge < -0.3 is 5.73 Å². The van der Waals surface area contributed by atoms with Crippen molar-refractivity contribution in [1.82, 2.24) is 0 Å². The first-order chi connectivity index (χ1) is 9.16. The number of halogens is 1. The van der Waals surface area contributed by atoms with E-state index in [1.165, 1.54) is 16.7 Å². The average Bonchev–Trinajstić information content (AvgIpc) is 2.40. The van der Waals surface area contributed by atoms with Gasteiger partial charge in [-0.1, -0.05) is 58.4 Å². The third-order valence-electron chi connectivity index (χ3n) is 3.49. The summed E-state index contributed by atoms with van der Waals surface area (Å²) in [5.74, 6) is 0. The maximum atomic E-state index is 6.25. The van der Waals surface area contributed by atoms with Crippen LogP contribution in [0.5, 0.6) is 0 Å². The second-order valence-corrected chi connectivity index (χ2v) is 5.88. The van der Waals surface area contributed by atoms with Gasteiger partial charge in [0.1, 0.15) is 0 Å². The highest BCUT2D eigenvalue weighted by atomic mass is 79.9. The van der Waals surface area contributed by atoms with Crippen molar-refractivity contribution >= 4 is 15.9 Å². The standard InChI is InChI=1S/C17H20BrN/c1-13-6-2-3-7-14(13)10-11-16(19)12-15-8-4-5-9-17(15)18/h2-9,16H,10-12,19H2,1H3. The Bertz CT molecular complexity index is 536. The molecule has 1 unspecified atom stereocenters. The first kappa shape index (κ1) is 14.3. The van der Waals surface area contributed by atoms with Gasteiger partial charge in [-0.2, -0.15) is 0 Å². The van der Waals surface area contributed by atoms with E-state index in [2.05, 4.69) is 65.3 Å². The van der Waals surface area contributed by atoms with Crippen molar-refractivity contribution in [1.29, 1.82) is 0 Å². The molecule has 0 amide bonds. The van der Waals surface area contributed by atoms with Gasteiger partial charge in [-0.05, 0) is 48.9 Å². The Balaban J connectivity index is 1.90. The van der Waals surface area contributed by atoms with Crippen molar-refractivity contribution < 1.29 is 0 Å². The molecule has 2 heteroatoms. The molecule has 0 saturated carbocycles. The van der Waals surface area contributed by atoms with Crippen molar-refractivity contribution in [2.75, 3.05) is 0 Å². The van der Waals surface area contributed by atoms with Crippen molar-refractivity contribution in [3.05, 3.63) is 69.7 Å². The van der Waals surface area contributed by atoms with Crippen molar-refractivity contribution in [2.45, 2.75) is 32.2 Å². The number of benzene rings is 2. The third kappa shape index (κ3) is 4.19. The lowest BCUT2D eigenvalue weighted by Gasteiger charge is -2.13. The van der Waals surface area contributed by atoms with E-state index in [1.807, 2.05) is 6.07 Å². The summed E-state index contributed by atoms with van der Waals surface area (Å²) in [5.41, 5.74) is 10.3. The number of rotatable bonds is 5. The highest BCUT2D eigenvalue weighted by Gasteiger charge is 2.07. The van der Waals surface area contributed by atoms with E-state index in [1.54, 1.807) is 0 Å². The van der Waals surface area contributed by atoms with Gasteiger partial charge in [0.05, 0.1) is 0 Å². The van der Waals surface area contributed by atoms with Crippen LogP contribution in [0.1, 0.15) is 23.1 Å². The molecule has 2 N–H and O–H groups in total. The Morgan fingerprint density at radius 1 is 1.00 bits per heavy atom. The van der Waals surface area contributed by atoms with Crippen LogP contribution in [0.3, 0.4) is 0 Å². The molecule has 19 heavy (non-hydrogen) atoms. The summed E-state index contributed by atoms with van der Waals surface area (Å²) >= 11 is 3.58. The van der Waals surface area contributed by atoms with Gasteiger partial charge in [-0.3, -0.25) is 0 Å². The van der Waals surface area contributed by atoms with Gasteiger partial charge >= 0.3 is 0 Å². The summed E-state index contributed by atoms with van der Waals surface area (Å²) in [6.07, 6.45) is 3.00. The van der Waals surface area contributed by atoms with Crippen LogP contribution in [0.2, 0.25) is 0 Å². The molecule has 2 aromatic rings. The lowest BCUT2D eigenvalue weighted by Crippen LogP contribution is -2.23. The monoisotopic (exact) mass is 317 g/mol. The smallest absolute Gasteiger partial charge is 0.0207 e. The Labute approximate surface area is 124 Å². The quantitative estimate of drug-likeness (QED) is 0.876. The molecule has 2 aromatic carbocycles. The first-order valence-corrected chi connectivity index (χ1v) is 7.49. The fraction of sp³-hybridized carbons (Fsp3) is 0.294. The maximum absolute atomic E-state index is 6.25. The SMILES string of the molecule is Cc1ccccc1CCC(N)Cc1ccccc1Br. The van der Waals surface area contributed by atoms with Gasteiger partial charge in [0, 0.05) is 10.5 Å². The Hall–Kier alpha value is -1.12. The van der Waals surface area contributed by atoms with E-state index >= 15 is 0 Å². The maximum Gasteiger partial charge on any atom is 0.0207 e. The van der Waals surface area contributed by atoms with E-state index in [0.717, 1.165) is 23.7 Å². The molecule has 0 radical (unpaired) electrons. The van der Waals surface area contributed by atoms with Crippen LogP contribution in [-0.2, 0) is 12.8 Å². The predicted octanol–water partition coefficient (Wildman–Crippen LogP) is 4.26. The normalized spacial score (nSPS) is 12.4. The van der Waals surface area contributed by atoms with E-state index in [9.17, 15) is 0 Å². The average molecular weight is 318 g/mol. The summed E-state index contributed by atoms with van der Waals surface area (Å²) < 4.78 is 1.15. The molecule has 0 saturated heterocycles. The minimum atomic E-state index is 0.207.